The lowest BCUT2D eigenvalue weighted by Gasteiger charge is -2.32. The molecule has 1 nitrogen and oxygen atoms in total. The van der Waals surface area contributed by atoms with Crippen molar-refractivity contribution in [3.63, 3.8) is 0 Å². The van der Waals surface area contributed by atoms with Crippen LogP contribution in [0.4, 0.5) is 4.39 Å². The Morgan fingerprint density at radius 1 is 1.35 bits per heavy atom. The van der Waals surface area contributed by atoms with Crippen LogP contribution < -0.4 is 5.73 Å². The summed E-state index contributed by atoms with van der Waals surface area (Å²) in [6, 6.07) is 7.27. The zero-order chi connectivity index (χ0) is 14.1. The average Bonchev–Trinajstić information content (AvgIpc) is 2.89. The molecule has 0 spiro atoms. The third-order valence-corrected chi connectivity index (χ3v) is 5.94. The second-order valence-corrected chi connectivity index (χ2v) is 7.17. The third kappa shape index (κ3) is 2.75. The normalized spacial score (nSPS) is 24.9. The van der Waals surface area contributed by atoms with E-state index in [4.69, 9.17) is 5.73 Å². The van der Waals surface area contributed by atoms with Gasteiger partial charge in [0.15, 0.2) is 0 Å². The first-order chi connectivity index (χ1) is 9.67. The van der Waals surface area contributed by atoms with Crippen LogP contribution in [0.1, 0.15) is 49.9 Å². The van der Waals surface area contributed by atoms with Crippen LogP contribution in [0.15, 0.2) is 24.3 Å². The van der Waals surface area contributed by atoms with Crippen LogP contribution in [-0.4, -0.2) is 0 Å². The molecule has 2 N–H and O–H groups in total. The zero-order valence-electron chi connectivity index (χ0n) is 11.9. The summed E-state index contributed by atoms with van der Waals surface area (Å²) in [5.41, 5.74) is 6.51. The highest BCUT2D eigenvalue weighted by Crippen LogP contribution is 2.40. The van der Waals surface area contributed by atoms with Gasteiger partial charge in [0.2, 0.25) is 0 Å². The summed E-state index contributed by atoms with van der Waals surface area (Å²) in [4.78, 5) is 1.22. The molecule has 1 aromatic carbocycles. The van der Waals surface area contributed by atoms with E-state index in [0.29, 0.717) is 5.92 Å². The van der Waals surface area contributed by atoms with Crippen LogP contribution in [0, 0.1) is 17.7 Å². The topological polar surface area (TPSA) is 26.0 Å². The van der Waals surface area contributed by atoms with Crippen molar-refractivity contribution in [2.45, 2.75) is 45.1 Å². The standard InChI is InChI=1S/C17H22FNS/c1-2-11-4-3-5-13(8-11)17(19)16-9-12-6-7-14(18)10-15(12)20-16/h6-7,9-11,13,17H,2-5,8,19H2,1H3. The molecule has 20 heavy (non-hydrogen) atoms. The average molecular weight is 291 g/mol. The number of nitrogens with two attached hydrogens (primary N) is 1. The summed E-state index contributed by atoms with van der Waals surface area (Å²) in [6.45, 7) is 2.28. The molecule has 0 aliphatic heterocycles. The van der Waals surface area contributed by atoms with Crippen molar-refractivity contribution in [1.29, 1.82) is 0 Å². The molecule has 0 bridgehead atoms. The number of thiophene rings is 1. The van der Waals surface area contributed by atoms with Gasteiger partial charge in [0, 0.05) is 15.6 Å². The molecule has 2 aromatic rings. The maximum Gasteiger partial charge on any atom is 0.124 e. The highest BCUT2D eigenvalue weighted by molar-refractivity contribution is 7.19. The number of hydrogen-bond acceptors (Lipinski definition) is 2. The quantitative estimate of drug-likeness (QED) is 0.820. The first kappa shape index (κ1) is 14.0. The second-order valence-electron chi connectivity index (χ2n) is 6.06. The van der Waals surface area contributed by atoms with Gasteiger partial charge in [-0.05, 0) is 48.3 Å². The lowest BCUT2D eigenvalue weighted by molar-refractivity contribution is 0.232. The summed E-state index contributed by atoms with van der Waals surface area (Å²) in [5.74, 6) is 1.27. The Hall–Kier alpha value is -0.930. The van der Waals surface area contributed by atoms with Gasteiger partial charge in [-0.2, -0.15) is 0 Å². The predicted molar refractivity (Wildman–Crippen MR) is 84.5 cm³/mol. The summed E-state index contributed by atoms with van der Waals surface area (Å²) < 4.78 is 14.3. The van der Waals surface area contributed by atoms with Crippen LogP contribution in [0.5, 0.6) is 0 Å². The fourth-order valence-electron chi connectivity index (χ4n) is 3.45. The molecule has 108 valence electrons. The molecule has 3 atom stereocenters. The van der Waals surface area contributed by atoms with Gasteiger partial charge < -0.3 is 5.73 Å². The predicted octanol–water partition coefficient (Wildman–Crippen LogP) is 5.26. The van der Waals surface area contributed by atoms with Crippen molar-refractivity contribution in [2.75, 3.05) is 0 Å². The van der Waals surface area contributed by atoms with E-state index in [2.05, 4.69) is 13.0 Å². The molecule has 3 unspecified atom stereocenters. The Kier molecular flexibility index (Phi) is 4.08. The van der Waals surface area contributed by atoms with E-state index in [1.807, 2.05) is 6.07 Å². The molecule has 1 aliphatic rings. The van der Waals surface area contributed by atoms with Gasteiger partial charge in [-0.15, -0.1) is 11.3 Å². The highest BCUT2D eigenvalue weighted by Gasteiger charge is 2.27. The SMILES string of the molecule is CCC1CCCC(C(N)c2cc3ccc(F)cc3s2)C1. The number of halogens is 1. The van der Waals surface area contributed by atoms with E-state index in [1.54, 1.807) is 17.4 Å². The third-order valence-electron chi connectivity index (χ3n) is 4.74. The van der Waals surface area contributed by atoms with Crippen LogP contribution in [-0.2, 0) is 0 Å². The van der Waals surface area contributed by atoms with E-state index in [9.17, 15) is 4.39 Å². The molecule has 3 heteroatoms. The molecule has 1 saturated carbocycles. The Balaban J connectivity index is 1.82. The van der Waals surface area contributed by atoms with Gasteiger partial charge in [-0.1, -0.05) is 32.3 Å². The monoisotopic (exact) mass is 291 g/mol. The van der Waals surface area contributed by atoms with Crippen LogP contribution in [0.3, 0.4) is 0 Å². The number of benzene rings is 1. The van der Waals surface area contributed by atoms with Gasteiger partial charge in [0.1, 0.15) is 5.82 Å². The fourth-order valence-corrected chi connectivity index (χ4v) is 4.64. The lowest BCUT2D eigenvalue weighted by atomic mass is 9.77. The molecule has 0 amide bonds. The first-order valence-corrected chi connectivity index (χ1v) is 8.43. The Bertz CT molecular complexity index is 592. The molecule has 1 aromatic heterocycles. The van der Waals surface area contributed by atoms with Gasteiger partial charge in [-0.3, -0.25) is 0 Å². The van der Waals surface area contributed by atoms with Gasteiger partial charge >= 0.3 is 0 Å². The second kappa shape index (κ2) is 5.82. The van der Waals surface area contributed by atoms with Crippen molar-refractivity contribution < 1.29 is 4.39 Å². The Morgan fingerprint density at radius 3 is 3.00 bits per heavy atom. The molecule has 3 rings (SSSR count). The number of rotatable bonds is 3. The molecule has 1 heterocycles. The van der Waals surface area contributed by atoms with Crippen LogP contribution in [0.25, 0.3) is 10.1 Å². The summed E-state index contributed by atoms with van der Waals surface area (Å²) in [7, 11) is 0. The molecule has 1 fully saturated rings. The number of fused-ring (bicyclic) bond motifs is 1. The minimum Gasteiger partial charge on any atom is -0.323 e. The largest absolute Gasteiger partial charge is 0.323 e. The smallest absolute Gasteiger partial charge is 0.124 e. The molecule has 1 aliphatic carbocycles. The first-order valence-electron chi connectivity index (χ1n) is 7.62. The van der Waals surface area contributed by atoms with E-state index < -0.39 is 0 Å². The lowest BCUT2D eigenvalue weighted by Crippen LogP contribution is -2.26. The maximum atomic E-state index is 13.3. The number of hydrogen-bond donors (Lipinski definition) is 1. The maximum absolute atomic E-state index is 13.3. The summed E-state index contributed by atoms with van der Waals surface area (Å²) in [5, 5.41) is 1.12. The minimum atomic E-state index is -0.164. The molecular formula is C17H22FNS. The van der Waals surface area contributed by atoms with Gasteiger partial charge in [0.25, 0.3) is 0 Å². The molecular weight excluding hydrogens is 269 g/mol. The highest BCUT2D eigenvalue weighted by atomic mass is 32.1. The van der Waals surface area contributed by atoms with Crippen molar-refractivity contribution in [3.05, 3.63) is 35.0 Å². The minimum absolute atomic E-state index is 0.116. The van der Waals surface area contributed by atoms with Gasteiger partial charge in [0.05, 0.1) is 0 Å². The summed E-state index contributed by atoms with van der Waals surface area (Å²) in [6.07, 6.45) is 6.41. The van der Waals surface area contributed by atoms with Crippen molar-refractivity contribution >= 4 is 21.4 Å². The fraction of sp³-hybridized carbons (Fsp3) is 0.529. The van der Waals surface area contributed by atoms with Crippen molar-refractivity contribution in [2.24, 2.45) is 17.6 Å². The Labute approximate surface area is 124 Å². The summed E-state index contributed by atoms with van der Waals surface area (Å²) >= 11 is 1.66. The van der Waals surface area contributed by atoms with Crippen molar-refractivity contribution in [3.8, 4) is 0 Å². The van der Waals surface area contributed by atoms with Crippen molar-refractivity contribution in [1.82, 2.24) is 0 Å². The van der Waals surface area contributed by atoms with E-state index in [-0.39, 0.29) is 11.9 Å². The molecule has 0 radical (unpaired) electrons. The van der Waals surface area contributed by atoms with E-state index >= 15 is 0 Å². The zero-order valence-corrected chi connectivity index (χ0v) is 12.8. The molecule has 0 saturated heterocycles. The Morgan fingerprint density at radius 2 is 2.20 bits per heavy atom. The van der Waals surface area contributed by atoms with Gasteiger partial charge in [-0.25, -0.2) is 4.39 Å². The van der Waals surface area contributed by atoms with E-state index in [1.165, 1.54) is 43.0 Å². The van der Waals surface area contributed by atoms with E-state index in [0.717, 1.165) is 16.0 Å². The van der Waals surface area contributed by atoms with Crippen LogP contribution in [0.2, 0.25) is 0 Å². The van der Waals surface area contributed by atoms with Crippen LogP contribution >= 0.6 is 11.3 Å².